The smallest absolute Gasteiger partial charge is 0.153 e. The third-order valence-corrected chi connectivity index (χ3v) is 3.42. The fraction of sp³-hybridized carbons (Fsp3) is 0. The lowest BCUT2D eigenvalue weighted by Gasteiger charge is -2.07. The maximum Gasteiger partial charge on any atom is 0.153 e. The van der Waals surface area contributed by atoms with Gasteiger partial charge in [-0.25, -0.2) is 8.78 Å². The Morgan fingerprint density at radius 3 is 2.62 bits per heavy atom. The molecular formula is C15H10ClF2N3. The summed E-state index contributed by atoms with van der Waals surface area (Å²) in [4.78, 5) is 0. The Labute approximate surface area is 124 Å². The highest BCUT2D eigenvalue weighted by molar-refractivity contribution is 6.31. The average Bonchev–Trinajstić information content (AvgIpc) is 2.84. The van der Waals surface area contributed by atoms with Gasteiger partial charge in [0.2, 0.25) is 0 Å². The van der Waals surface area contributed by atoms with E-state index in [2.05, 4.69) is 10.2 Å². The first kappa shape index (κ1) is 13.6. The summed E-state index contributed by atoms with van der Waals surface area (Å²) >= 11 is 5.80. The minimum atomic E-state index is -0.593. The molecule has 2 aromatic carbocycles. The van der Waals surface area contributed by atoms with Gasteiger partial charge in [0.25, 0.3) is 0 Å². The number of hydrogen-bond donors (Lipinski definition) is 2. The van der Waals surface area contributed by atoms with Crippen molar-refractivity contribution in [2.75, 3.05) is 5.73 Å². The van der Waals surface area contributed by atoms with Gasteiger partial charge in [0.15, 0.2) is 5.82 Å². The molecule has 0 spiro atoms. The van der Waals surface area contributed by atoms with E-state index in [-0.39, 0.29) is 16.4 Å². The van der Waals surface area contributed by atoms with Gasteiger partial charge in [-0.05, 0) is 18.2 Å². The Kier molecular flexibility index (Phi) is 3.35. The van der Waals surface area contributed by atoms with Gasteiger partial charge in [0.1, 0.15) is 11.6 Å². The first-order chi connectivity index (χ1) is 10.1. The average molecular weight is 306 g/mol. The van der Waals surface area contributed by atoms with Crippen LogP contribution in [-0.4, -0.2) is 10.2 Å². The third kappa shape index (κ3) is 2.36. The van der Waals surface area contributed by atoms with E-state index in [4.69, 9.17) is 17.3 Å². The number of nitrogen functional groups attached to an aromatic ring is 1. The zero-order valence-corrected chi connectivity index (χ0v) is 11.5. The summed E-state index contributed by atoms with van der Waals surface area (Å²) in [5.74, 6) is -0.876. The van der Waals surface area contributed by atoms with Gasteiger partial charge in [-0.2, -0.15) is 5.10 Å². The van der Waals surface area contributed by atoms with Crippen molar-refractivity contribution in [1.29, 1.82) is 0 Å². The second kappa shape index (κ2) is 5.18. The maximum absolute atomic E-state index is 14.2. The number of halogens is 3. The molecule has 0 aliphatic heterocycles. The molecule has 0 atom stereocenters. The lowest BCUT2D eigenvalue weighted by molar-refractivity contribution is 0.628. The SMILES string of the molecule is Nc1n[nH]c(-c2cccc(F)c2)c1-c1cccc(Cl)c1F. The quantitative estimate of drug-likeness (QED) is 0.743. The van der Waals surface area contributed by atoms with E-state index in [0.717, 1.165) is 0 Å². The van der Waals surface area contributed by atoms with Gasteiger partial charge in [-0.1, -0.05) is 35.9 Å². The first-order valence-corrected chi connectivity index (χ1v) is 6.50. The number of nitrogens with two attached hydrogens (primary N) is 1. The van der Waals surface area contributed by atoms with E-state index in [0.29, 0.717) is 16.8 Å². The van der Waals surface area contributed by atoms with Crippen molar-refractivity contribution in [3.05, 3.63) is 59.1 Å². The van der Waals surface area contributed by atoms with Gasteiger partial charge in [-0.3, -0.25) is 5.10 Å². The Morgan fingerprint density at radius 1 is 1.10 bits per heavy atom. The Bertz CT molecular complexity index is 814. The van der Waals surface area contributed by atoms with E-state index < -0.39 is 11.6 Å². The van der Waals surface area contributed by atoms with E-state index in [1.54, 1.807) is 24.3 Å². The number of nitrogens with zero attached hydrogens (tertiary/aromatic N) is 1. The third-order valence-electron chi connectivity index (χ3n) is 3.13. The largest absolute Gasteiger partial charge is 0.382 e. The molecular weight excluding hydrogens is 296 g/mol. The molecule has 0 bridgehead atoms. The Hall–Kier alpha value is -2.40. The molecule has 21 heavy (non-hydrogen) atoms. The molecule has 0 aliphatic rings. The van der Waals surface area contributed by atoms with Crippen molar-refractivity contribution >= 4 is 17.4 Å². The standard InChI is InChI=1S/C15H10ClF2N3/c16-11-6-2-5-10(13(11)18)12-14(20-21-15(12)19)8-3-1-4-9(17)7-8/h1-7H,(H3,19,20,21). The molecule has 3 aromatic rings. The fourth-order valence-electron chi connectivity index (χ4n) is 2.18. The summed E-state index contributed by atoms with van der Waals surface area (Å²) in [7, 11) is 0. The lowest BCUT2D eigenvalue weighted by atomic mass is 10.0. The van der Waals surface area contributed by atoms with Crippen LogP contribution >= 0.6 is 11.6 Å². The predicted molar refractivity (Wildman–Crippen MR) is 78.8 cm³/mol. The zero-order valence-electron chi connectivity index (χ0n) is 10.7. The predicted octanol–water partition coefficient (Wildman–Crippen LogP) is 4.26. The summed E-state index contributed by atoms with van der Waals surface area (Å²) in [6.45, 7) is 0. The summed E-state index contributed by atoms with van der Waals surface area (Å²) in [6.07, 6.45) is 0. The number of benzene rings is 2. The normalized spacial score (nSPS) is 10.8. The van der Waals surface area contributed by atoms with Crippen molar-refractivity contribution < 1.29 is 8.78 Å². The topological polar surface area (TPSA) is 54.7 Å². The second-order valence-electron chi connectivity index (χ2n) is 4.47. The van der Waals surface area contributed by atoms with Crippen molar-refractivity contribution in [2.24, 2.45) is 0 Å². The molecule has 0 unspecified atom stereocenters. The number of hydrogen-bond acceptors (Lipinski definition) is 2. The molecule has 1 heterocycles. The van der Waals surface area contributed by atoms with Crippen LogP contribution in [0.15, 0.2) is 42.5 Å². The molecule has 106 valence electrons. The van der Waals surface area contributed by atoms with Crippen LogP contribution in [0.5, 0.6) is 0 Å². The van der Waals surface area contributed by atoms with Crippen molar-refractivity contribution in [2.45, 2.75) is 0 Å². The number of nitrogens with one attached hydrogen (secondary N) is 1. The molecule has 0 amide bonds. The highest BCUT2D eigenvalue weighted by Crippen LogP contribution is 2.37. The maximum atomic E-state index is 14.2. The number of H-pyrrole nitrogens is 1. The molecule has 0 saturated heterocycles. The van der Waals surface area contributed by atoms with Crippen LogP contribution in [0.4, 0.5) is 14.6 Å². The van der Waals surface area contributed by atoms with Crippen molar-refractivity contribution in [3.63, 3.8) is 0 Å². The van der Waals surface area contributed by atoms with Crippen LogP contribution in [0.1, 0.15) is 0 Å². The van der Waals surface area contributed by atoms with Gasteiger partial charge in [-0.15, -0.1) is 0 Å². The first-order valence-electron chi connectivity index (χ1n) is 6.12. The van der Waals surface area contributed by atoms with Gasteiger partial charge in [0, 0.05) is 11.1 Å². The molecule has 6 heteroatoms. The molecule has 0 radical (unpaired) electrons. The highest BCUT2D eigenvalue weighted by atomic mass is 35.5. The summed E-state index contributed by atoms with van der Waals surface area (Å²) < 4.78 is 27.6. The van der Waals surface area contributed by atoms with Crippen molar-refractivity contribution in [1.82, 2.24) is 10.2 Å². The summed E-state index contributed by atoms with van der Waals surface area (Å²) in [6, 6.07) is 10.5. The van der Waals surface area contributed by atoms with E-state index in [9.17, 15) is 8.78 Å². The number of aromatic amines is 1. The van der Waals surface area contributed by atoms with Crippen LogP contribution in [-0.2, 0) is 0 Å². The molecule has 0 saturated carbocycles. The van der Waals surface area contributed by atoms with Crippen LogP contribution < -0.4 is 5.73 Å². The van der Waals surface area contributed by atoms with Gasteiger partial charge >= 0.3 is 0 Å². The van der Waals surface area contributed by atoms with Crippen LogP contribution in [0.3, 0.4) is 0 Å². The minimum Gasteiger partial charge on any atom is -0.382 e. The monoisotopic (exact) mass is 305 g/mol. The van der Waals surface area contributed by atoms with E-state index in [1.807, 2.05) is 0 Å². The summed E-state index contributed by atoms with van der Waals surface area (Å²) in [5, 5.41) is 6.59. The van der Waals surface area contributed by atoms with Crippen LogP contribution in [0, 0.1) is 11.6 Å². The second-order valence-corrected chi connectivity index (χ2v) is 4.88. The molecule has 0 aliphatic carbocycles. The lowest BCUT2D eigenvalue weighted by Crippen LogP contribution is -1.92. The molecule has 3 nitrogen and oxygen atoms in total. The minimum absolute atomic E-state index is 0.0155. The Balaban J connectivity index is 2.25. The fourth-order valence-corrected chi connectivity index (χ4v) is 2.35. The zero-order chi connectivity index (χ0) is 15.0. The molecule has 3 N–H and O–H groups in total. The van der Waals surface area contributed by atoms with Gasteiger partial charge < -0.3 is 5.73 Å². The summed E-state index contributed by atoms with van der Waals surface area (Å²) in [5.41, 5.74) is 7.36. The number of aromatic nitrogens is 2. The van der Waals surface area contributed by atoms with Crippen molar-refractivity contribution in [3.8, 4) is 22.4 Å². The molecule has 0 fully saturated rings. The van der Waals surface area contributed by atoms with E-state index >= 15 is 0 Å². The van der Waals surface area contributed by atoms with Gasteiger partial charge in [0.05, 0.1) is 16.3 Å². The Morgan fingerprint density at radius 2 is 1.86 bits per heavy atom. The van der Waals surface area contributed by atoms with E-state index in [1.165, 1.54) is 18.2 Å². The van der Waals surface area contributed by atoms with Crippen LogP contribution in [0.25, 0.3) is 22.4 Å². The van der Waals surface area contributed by atoms with Crippen LogP contribution in [0.2, 0.25) is 5.02 Å². The number of anilines is 1. The number of rotatable bonds is 2. The molecule has 1 aromatic heterocycles. The highest BCUT2D eigenvalue weighted by Gasteiger charge is 2.19. The molecule has 3 rings (SSSR count).